The zero-order valence-electron chi connectivity index (χ0n) is 13.5. The molecular weight excluding hydrogens is 272 g/mol. The van der Waals surface area contributed by atoms with Gasteiger partial charge in [0.1, 0.15) is 6.61 Å². The molecule has 1 aliphatic carbocycles. The molecule has 0 aromatic heterocycles. The van der Waals surface area contributed by atoms with Crippen LogP contribution < -0.4 is 0 Å². The van der Waals surface area contributed by atoms with Gasteiger partial charge in [-0.05, 0) is 45.1 Å². The molecule has 0 heterocycles. The molecule has 1 aliphatic rings. The van der Waals surface area contributed by atoms with Crippen LogP contribution >= 0.6 is 0 Å². The number of allylic oxidation sites excluding steroid dienone is 5. The molecule has 0 saturated carbocycles. The van der Waals surface area contributed by atoms with Crippen molar-refractivity contribution in [3.8, 4) is 0 Å². The number of hydrogen-bond donors (Lipinski definition) is 0. The highest BCUT2D eigenvalue weighted by molar-refractivity contribution is 5.89. The maximum Gasteiger partial charge on any atom is 0.334 e. The second-order valence-electron chi connectivity index (χ2n) is 5.88. The van der Waals surface area contributed by atoms with Gasteiger partial charge in [0.15, 0.2) is 0 Å². The summed E-state index contributed by atoms with van der Waals surface area (Å²) >= 11 is 0. The van der Waals surface area contributed by atoms with Crippen LogP contribution in [0.3, 0.4) is 0 Å². The van der Waals surface area contributed by atoms with Gasteiger partial charge in [0.2, 0.25) is 0 Å². The molecule has 22 heavy (non-hydrogen) atoms. The molecule has 0 amide bonds. The van der Waals surface area contributed by atoms with E-state index in [1.54, 1.807) is 0 Å². The van der Waals surface area contributed by atoms with E-state index in [1.165, 1.54) is 11.1 Å². The lowest BCUT2D eigenvalue weighted by molar-refractivity contribution is -0.140. The summed E-state index contributed by atoms with van der Waals surface area (Å²) in [6, 6.07) is 9.78. The number of carbonyl (C=O) groups is 1. The predicted octanol–water partition coefficient (Wildman–Crippen LogP) is 5.12. The summed E-state index contributed by atoms with van der Waals surface area (Å²) in [5.41, 5.74) is 4.57. The zero-order chi connectivity index (χ0) is 15.8. The highest BCUT2D eigenvalue weighted by Crippen LogP contribution is 2.22. The van der Waals surface area contributed by atoms with Crippen LogP contribution in [0.5, 0.6) is 0 Å². The number of esters is 1. The van der Waals surface area contributed by atoms with Gasteiger partial charge in [-0.15, -0.1) is 0 Å². The summed E-state index contributed by atoms with van der Waals surface area (Å²) in [5.74, 6) is -0.191. The van der Waals surface area contributed by atoms with Crippen LogP contribution in [0.15, 0.2) is 65.3 Å². The summed E-state index contributed by atoms with van der Waals surface area (Å²) in [6.45, 7) is 4.58. The van der Waals surface area contributed by atoms with Gasteiger partial charge in [-0.1, -0.05) is 59.7 Å². The van der Waals surface area contributed by atoms with E-state index in [1.807, 2.05) is 36.4 Å². The summed E-state index contributed by atoms with van der Waals surface area (Å²) < 4.78 is 5.37. The van der Waals surface area contributed by atoms with Crippen molar-refractivity contribution in [2.75, 3.05) is 0 Å². The van der Waals surface area contributed by atoms with E-state index in [0.29, 0.717) is 13.0 Å². The molecule has 0 N–H and O–H groups in total. The highest BCUT2D eigenvalue weighted by Gasteiger charge is 2.13. The van der Waals surface area contributed by atoms with Crippen molar-refractivity contribution >= 4 is 5.97 Å². The molecule has 0 aliphatic heterocycles. The molecule has 0 fully saturated rings. The molecule has 1 aromatic carbocycles. The summed E-state index contributed by atoms with van der Waals surface area (Å²) in [4.78, 5) is 12.1. The van der Waals surface area contributed by atoms with Crippen LogP contribution in [-0.4, -0.2) is 5.97 Å². The van der Waals surface area contributed by atoms with E-state index in [0.717, 1.165) is 30.4 Å². The Kier molecular flexibility index (Phi) is 6.20. The first-order valence-electron chi connectivity index (χ1n) is 7.86. The standard InChI is InChI=1S/C20H24O2/c1-16(2)7-6-10-17-11-13-19(14-12-17)20(21)22-15-18-8-4-3-5-9-18/h3-5,7-9,11,14H,6,10,12-13,15H2,1-2H3. The van der Waals surface area contributed by atoms with Gasteiger partial charge in [-0.2, -0.15) is 0 Å². The molecule has 2 heteroatoms. The second-order valence-corrected chi connectivity index (χ2v) is 5.88. The molecule has 2 nitrogen and oxygen atoms in total. The third kappa shape index (κ3) is 5.36. The Morgan fingerprint density at radius 1 is 1.14 bits per heavy atom. The maximum atomic E-state index is 12.1. The van der Waals surface area contributed by atoms with Crippen LogP contribution in [-0.2, 0) is 16.1 Å². The molecule has 0 spiro atoms. The zero-order valence-corrected chi connectivity index (χ0v) is 13.5. The predicted molar refractivity (Wildman–Crippen MR) is 90.3 cm³/mol. The van der Waals surface area contributed by atoms with Crippen molar-refractivity contribution in [1.29, 1.82) is 0 Å². The number of benzene rings is 1. The summed E-state index contributed by atoms with van der Waals surface area (Å²) in [6.07, 6.45) is 10.2. The minimum atomic E-state index is -0.191. The lowest BCUT2D eigenvalue weighted by Crippen LogP contribution is -2.09. The van der Waals surface area contributed by atoms with Crippen LogP contribution in [0.25, 0.3) is 0 Å². The first kappa shape index (κ1) is 16.3. The summed E-state index contributed by atoms with van der Waals surface area (Å²) in [7, 11) is 0. The Labute approximate surface area is 133 Å². The number of carbonyl (C=O) groups excluding carboxylic acids is 1. The number of rotatable bonds is 6. The highest BCUT2D eigenvalue weighted by atomic mass is 16.5. The van der Waals surface area contributed by atoms with Gasteiger partial charge < -0.3 is 4.74 Å². The molecule has 2 rings (SSSR count). The molecule has 116 valence electrons. The topological polar surface area (TPSA) is 26.3 Å². The van der Waals surface area contributed by atoms with Crippen molar-refractivity contribution in [2.45, 2.75) is 46.1 Å². The first-order chi connectivity index (χ1) is 10.6. The van der Waals surface area contributed by atoms with E-state index < -0.39 is 0 Å². The van der Waals surface area contributed by atoms with Crippen LogP contribution in [0.2, 0.25) is 0 Å². The average molecular weight is 296 g/mol. The lowest BCUT2D eigenvalue weighted by atomic mass is 9.96. The Bertz CT molecular complexity index is 587. The van der Waals surface area contributed by atoms with E-state index in [2.05, 4.69) is 26.0 Å². The van der Waals surface area contributed by atoms with Gasteiger partial charge >= 0.3 is 5.97 Å². The molecule has 1 aromatic rings. The average Bonchev–Trinajstić information content (AvgIpc) is 2.54. The van der Waals surface area contributed by atoms with Crippen molar-refractivity contribution in [2.24, 2.45) is 0 Å². The van der Waals surface area contributed by atoms with Crippen molar-refractivity contribution in [3.63, 3.8) is 0 Å². The number of hydrogen-bond acceptors (Lipinski definition) is 2. The SMILES string of the molecule is CC(C)=CCCC1=CCC(C(=O)OCc2ccccc2)=CC1. The second kappa shape index (κ2) is 8.38. The Hall–Kier alpha value is -2.09. The molecule has 0 unspecified atom stereocenters. The Balaban J connectivity index is 1.76. The first-order valence-corrected chi connectivity index (χ1v) is 7.86. The normalized spacial score (nSPS) is 13.9. The van der Waals surface area contributed by atoms with Gasteiger partial charge in [-0.3, -0.25) is 0 Å². The fraction of sp³-hybridized carbons (Fsp3) is 0.350. The third-order valence-electron chi connectivity index (χ3n) is 3.71. The largest absolute Gasteiger partial charge is 0.457 e. The van der Waals surface area contributed by atoms with E-state index in [9.17, 15) is 4.79 Å². The monoisotopic (exact) mass is 296 g/mol. The van der Waals surface area contributed by atoms with E-state index >= 15 is 0 Å². The molecule has 0 bridgehead atoms. The van der Waals surface area contributed by atoms with E-state index in [4.69, 9.17) is 4.74 Å². The van der Waals surface area contributed by atoms with Crippen molar-refractivity contribution < 1.29 is 9.53 Å². The van der Waals surface area contributed by atoms with Crippen LogP contribution in [0.4, 0.5) is 0 Å². The van der Waals surface area contributed by atoms with Crippen molar-refractivity contribution in [3.05, 3.63) is 70.8 Å². The fourth-order valence-corrected chi connectivity index (χ4v) is 2.41. The van der Waals surface area contributed by atoms with Gasteiger partial charge in [0.25, 0.3) is 0 Å². The maximum absolute atomic E-state index is 12.1. The number of ether oxygens (including phenoxy) is 1. The fourth-order valence-electron chi connectivity index (χ4n) is 2.41. The minimum Gasteiger partial charge on any atom is -0.457 e. The Morgan fingerprint density at radius 3 is 2.55 bits per heavy atom. The lowest BCUT2D eigenvalue weighted by Gasteiger charge is -2.13. The minimum absolute atomic E-state index is 0.191. The quantitative estimate of drug-likeness (QED) is 0.538. The van der Waals surface area contributed by atoms with Crippen LogP contribution in [0.1, 0.15) is 45.1 Å². The van der Waals surface area contributed by atoms with Gasteiger partial charge in [-0.25, -0.2) is 4.79 Å². The third-order valence-corrected chi connectivity index (χ3v) is 3.71. The molecule has 0 radical (unpaired) electrons. The summed E-state index contributed by atoms with van der Waals surface area (Å²) in [5, 5.41) is 0. The van der Waals surface area contributed by atoms with Crippen LogP contribution in [0, 0.1) is 0 Å². The smallest absolute Gasteiger partial charge is 0.334 e. The molecule has 0 atom stereocenters. The van der Waals surface area contributed by atoms with Crippen molar-refractivity contribution in [1.82, 2.24) is 0 Å². The molecular formula is C20H24O2. The van der Waals surface area contributed by atoms with Gasteiger partial charge in [0, 0.05) is 5.57 Å². The van der Waals surface area contributed by atoms with Gasteiger partial charge in [0.05, 0.1) is 0 Å². The Morgan fingerprint density at radius 2 is 1.91 bits per heavy atom. The molecule has 0 saturated heterocycles. The van der Waals surface area contributed by atoms with E-state index in [-0.39, 0.29) is 5.97 Å².